The molecule has 0 unspecified atom stereocenters. The van der Waals surface area contributed by atoms with Crippen LogP contribution >= 0.6 is 0 Å². The fraction of sp³-hybridized carbons (Fsp3) is 0.312. The molecule has 2 aromatic carbocycles. The molecule has 3 aromatic rings. The number of rotatable bonds is 5. The Morgan fingerprint density at radius 1 is 0.949 bits per heavy atom. The molecule has 1 aliphatic carbocycles. The maximum absolute atomic E-state index is 14.0. The van der Waals surface area contributed by atoms with E-state index in [-0.39, 0.29) is 35.9 Å². The van der Waals surface area contributed by atoms with Crippen molar-refractivity contribution in [3.8, 4) is 0 Å². The van der Waals surface area contributed by atoms with Gasteiger partial charge in [-0.2, -0.15) is 0 Å². The summed E-state index contributed by atoms with van der Waals surface area (Å²) in [4.78, 5) is 44.7. The summed E-state index contributed by atoms with van der Waals surface area (Å²) in [6.45, 7) is 6.54. The van der Waals surface area contributed by atoms with E-state index in [1.807, 2.05) is 36.4 Å². The third-order valence-corrected chi connectivity index (χ3v) is 7.58. The predicted molar refractivity (Wildman–Crippen MR) is 151 cm³/mol. The number of carbonyl (C=O) groups is 3. The number of carbonyl (C=O) groups excluding carboxylic acids is 2. The van der Waals surface area contributed by atoms with E-state index in [9.17, 15) is 19.5 Å². The van der Waals surface area contributed by atoms with Gasteiger partial charge in [0.2, 0.25) is 5.91 Å². The normalized spacial score (nSPS) is 19.1. The van der Waals surface area contributed by atoms with Gasteiger partial charge in [0, 0.05) is 36.5 Å². The highest BCUT2D eigenvalue weighted by atomic mass is 16.4. The number of para-hydroxylation sites is 2. The van der Waals surface area contributed by atoms with Crippen LogP contribution in [0.25, 0.3) is 0 Å². The van der Waals surface area contributed by atoms with Crippen LogP contribution in [0.15, 0.2) is 84.3 Å². The van der Waals surface area contributed by atoms with E-state index in [1.54, 1.807) is 17.3 Å². The molecule has 1 aliphatic heterocycles. The molecule has 2 N–H and O–H groups in total. The van der Waals surface area contributed by atoms with Gasteiger partial charge in [-0.3, -0.25) is 24.3 Å². The predicted octanol–water partition coefficient (Wildman–Crippen LogP) is 6.14. The summed E-state index contributed by atoms with van der Waals surface area (Å²) in [5.41, 5.74) is 5.80. The molecule has 0 fully saturated rings. The molecule has 0 bridgehead atoms. The number of hydrogen-bond acceptors (Lipinski definition) is 5. The SMILES string of the molecule is CC(C)(C)c1ccc([C@@H]2CC(=O)C3=C(C2)Nc2ccccc2N(C(=O)CCC(=O)O)[C@@H]3c2ccncc2)cc1. The Labute approximate surface area is 228 Å². The number of fused-ring (bicyclic) bond motifs is 1. The van der Waals surface area contributed by atoms with Gasteiger partial charge in [-0.25, -0.2) is 0 Å². The number of ketones is 1. The van der Waals surface area contributed by atoms with E-state index in [2.05, 4.69) is 55.3 Å². The molecular weight excluding hydrogens is 490 g/mol. The highest BCUT2D eigenvalue weighted by Gasteiger charge is 2.41. The van der Waals surface area contributed by atoms with Gasteiger partial charge in [0.15, 0.2) is 5.78 Å². The van der Waals surface area contributed by atoms with Crippen LogP contribution in [0.3, 0.4) is 0 Å². The molecular formula is C32H33N3O4. The number of aromatic nitrogens is 1. The zero-order valence-electron chi connectivity index (χ0n) is 22.5. The Bertz CT molecular complexity index is 1440. The second kappa shape index (κ2) is 10.5. The van der Waals surface area contributed by atoms with Gasteiger partial charge in [0.05, 0.1) is 23.8 Å². The summed E-state index contributed by atoms with van der Waals surface area (Å²) in [5.74, 6) is -1.43. The second-order valence-corrected chi connectivity index (χ2v) is 11.3. The molecule has 2 atom stereocenters. The minimum Gasteiger partial charge on any atom is -0.481 e. The van der Waals surface area contributed by atoms with Crippen molar-refractivity contribution in [3.05, 3.63) is 101 Å². The van der Waals surface area contributed by atoms with Crippen LogP contribution < -0.4 is 10.2 Å². The number of benzene rings is 2. The smallest absolute Gasteiger partial charge is 0.303 e. The van der Waals surface area contributed by atoms with E-state index in [0.717, 1.165) is 16.8 Å². The molecule has 0 radical (unpaired) electrons. The van der Waals surface area contributed by atoms with Gasteiger partial charge in [-0.1, -0.05) is 57.2 Å². The number of nitrogens with zero attached hydrogens (tertiary/aromatic N) is 2. The number of amides is 1. The zero-order valence-corrected chi connectivity index (χ0v) is 22.5. The van der Waals surface area contributed by atoms with E-state index in [1.165, 1.54) is 5.56 Å². The second-order valence-electron chi connectivity index (χ2n) is 11.3. The van der Waals surface area contributed by atoms with Crippen molar-refractivity contribution in [1.29, 1.82) is 0 Å². The Morgan fingerprint density at radius 3 is 2.31 bits per heavy atom. The number of Topliss-reactive ketones (excluding diaryl/α,β-unsaturated/α-hetero) is 1. The van der Waals surface area contributed by atoms with Crippen LogP contribution in [0, 0.1) is 0 Å². The van der Waals surface area contributed by atoms with Crippen LogP contribution in [-0.2, 0) is 19.8 Å². The Balaban J connectivity index is 1.62. The average Bonchev–Trinajstić information content (AvgIpc) is 3.06. The number of hydrogen-bond donors (Lipinski definition) is 2. The number of anilines is 2. The summed E-state index contributed by atoms with van der Waals surface area (Å²) < 4.78 is 0. The third-order valence-electron chi connectivity index (χ3n) is 7.58. The first-order valence-electron chi connectivity index (χ1n) is 13.3. The Morgan fingerprint density at radius 2 is 1.64 bits per heavy atom. The molecule has 2 heterocycles. The van der Waals surface area contributed by atoms with Gasteiger partial charge in [0.25, 0.3) is 0 Å². The van der Waals surface area contributed by atoms with Crippen molar-refractivity contribution < 1.29 is 19.5 Å². The van der Waals surface area contributed by atoms with E-state index >= 15 is 0 Å². The molecule has 0 saturated heterocycles. The maximum atomic E-state index is 14.0. The zero-order chi connectivity index (χ0) is 27.7. The van der Waals surface area contributed by atoms with Gasteiger partial charge < -0.3 is 10.4 Å². The quantitative estimate of drug-likeness (QED) is 0.416. The largest absolute Gasteiger partial charge is 0.481 e. The lowest BCUT2D eigenvalue weighted by molar-refractivity contribution is -0.138. The van der Waals surface area contributed by atoms with Crippen LogP contribution in [0.1, 0.15) is 75.1 Å². The molecule has 2 aliphatic rings. The van der Waals surface area contributed by atoms with Crippen molar-refractivity contribution in [2.45, 2.75) is 63.8 Å². The molecule has 7 heteroatoms. The number of pyridine rings is 1. The van der Waals surface area contributed by atoms with E-state index < -0.39 is 12.0 Å². The highest BCUT2D eigenvalue weighted by molar-refractivity contribution is 6.06. The van der Waals surface area contributed by atoms with Crippen molar-refractivity contribution in [2.24, 2.45) is 0 Å². The maximum Gasteiger partial charge on any atom is 0.303 e. The molecule has 1 amide bonds. The lowest BCUT2D eigenvalue weighted by Gasteiger charge is -2.35. The van der Waals surface area contributed by atoms with Gasteiger partial charge >= 0.3 is 5.97 Å². The lowest BCUT2D eigenvalue weighted by Crippen LogP contribution is -2.38. The van der Waals surface area contributed by atoms with E-state index in [0.29, 0.717) is 29.8 Å². The molecule has 0 spiro atoms. The fourth-order valence-corrected chi connectivity index (χ4v) is 5.55. The number of carboxylic acids is 1. The topological polar surface area (TPSA) is 99.6 Å². The van der Waals surface area contributed by atoms with Crippen LogP contribution in [0.5, 0.6) is 0 Å². The molecule has 1 aromatic heterocycles. The van der Waals surface area contributed by atoms with Crippen LogP contribution in [0.4, 0.5) is 11.4 Å². The molecule has 7 nitrogen and oxygen atoms in total. The first-order chi connectivity index (χ1) is 18.6. The molecule has 0 saturated carbocycles. The minimum atomic E-state index is -1.04. The summed E-state index contributed by atoms with van der Waals surface area (Å²) >= 11 is 0. The first kappa shape index (κ1) is 26.4. The Hall–Kier alpha value is -4.26. The Kier molecular flexibility index (Phi) is 7.08. The van der Waals surface area contributed by atoms with Gasteiger partial charge in [-0.15, -0.1) is 0 Å². The van der Waals surface area contributed by atoms with Crippen molar-refractivity contribution in [1.82, 2.24) is 4.98 Å². The first-order valence-corrected chi connectivity index (χ1v) is 13.3. The summed E-state index contributed by atoms with van der Waals surface area (Å²) in [6, 6.07) is 18.9. The number of carboxylic acid groups (broad SMARTS) is 1. The molecule has 5 rings (SSSR count). The lowest BCUT2D eigenvalue weighted by atomic mass is 9.77. The van der Waals surface area contributed by atoms with E-state index in [4.69, 9.17) is 0 Å². The standard InChI is InChI=1S/C32H33N3O4/c1-32(2,3)23-10-8-20(9-11-23)22-18-25-30(27(36)19-22)31(21-14-16-33-17-15-21)35(28(37)12-13-29(38)39)26-7-5-4-6-24(26)34-25/h4-11,14-17,22,31,34H,12-13,18-19H2,1-3H3,(H,38,39)/t22-,31+/m0/s1. The van der Waals surface area contributed by atoms with Crippen LogP contribution in [0.2, 0.25) is 0 Å². The van der Waals surface area contributed by atoms with Crippen molar-refractivity contribution in [3.63, 3.8) is 0 Å². The summed E-state index contributed by atoms with van der Waals surface area (Å²) in [6.07, 6.45) is 3.76. The molecule has 200 valence electrons. The highest BCUT2D eigenvalue weighted by Crippen LogP contribution is 2.47. The summed E-state index contributed by atoms with van der Waals surface area (Å²) in [7, 11) is 0. The number of allylic oxidation sites excluding steroid dienone is 1. The minimum absolute atomic E-state index is 0.00252. The molecule has 39 heavy (non-hydrogen) atoms. The van der Waals surface area contributed by atoms with Gasteiger partial charge in [-0.05, 0) is 58.7 Å². The van der Waals surface area contributed by atoms with Crippen molar-refractivity contribution >= 4 is 29.0 Å². The van der Waals surface area contributed by atoms with Crippen molar-refractivity contribution in [2.75, 3.05) is 10.2 Å². The third kappa shape index (κ3) is 5.35. The monoisotopic (exact) mass is 523 g/mol. The average molecular weight is 524 g/mol. The van der Waals surface area contributed by atoms with Crippen LogP contribution in [-0.4, -0.2) is 27.8 Å². The van der Waals surface area contributed by atoms with Gasteiger partial charge in [0.1, 0.15) is 0 Å². The fourth-order valence-electron chi connectivity index (χ4n) is 5.55. The summed E-state index contributed by atoms with van der Waals surface area (Å²) in [5, 5.41) is 12.8. The number of aliphatic carboxylic acids is 1. The number of nitrogens with one attached hydrogen (secondary N) is 1.